The highest BCUT2D eigenvalue weighted by atomic mass is 79.9. The Morgan fingerprint density at radius 1 is 1.15 bits per heavy atom. The summed E-state index contributed by atoms with van der Waals surface area (Å²) in [7, 11) is -4.30. The van der Waals surface area contributed by atoms with Crippen molar-refractivity contribution in [1.82, 2.24) is 9.78 Å². The largest absolute Gasteiger partial charge is 0.266 e. The lowest BCUT2D eigenvalue weighted by molar-refractivity contribution is 0.551. The fourth-order valence-corrected chi connectivity index (χ4v) is 4.34. The van der Waals surface area contributed by atoms with Gasteiger partial charge in [0.25, 0.3) is 10.0 Å². The summed E-state index contributed by atoms with van der Waals surface area (Å²) < 4.78 is 55.5. The monoisotopic (exact) mass is 495 g/mol. The molecule has 0 aliphatic heterocycles. The molecule has 0 spiro atoms. The molecule has 142 valence electrons. The minimum atomic E-state index is -4.30. The predicted octanol–water partition coefficient (Wildman–Crippen LogP) is 5.08. The fourth-order valence-electron chi connectivity index (χ4n) is 2.25. The number of nitrogens with one attached hydrogen (secondary N) is 1. The minimum Gasteiger partial charge on any atom is -0.265 e. The van der Waals surface area contributed by atoms with E-state index in [4.69, 9.17) is 23.2 Å². The molecule has 0 radical (unpaired) electrons. The number of nitrogens with zero attached hydrogens (tertiary/aromatic N) is 2. The van der Waals surface area contributed by atoms with Crippen LogP contribution in [0.1, 0.15) is 5.56 Å². The number of rotatable bonds is 5. The van der Waals surface area contributed by atoms with Crippen molar-refractivity contribution in [2.45, 2.75) is 11.4 Å². The maximum absolute atomic E-state index is 13.8. The number of benzene rings is 2. The van der Waals surface area contributed by atoms with Gasteiger partial charge in [-0.25, -0.2) is 17.2 Å². The van der Waals surface area contributed by atoms with Crippen LogP contribution >= 0.6 is 39.1 Å². The first kappa shape index (κ1) is 20.1. The molecule has 0 unspecified atom stereocenters. The molecule has 1 aromatic heterocycles. The summed E-state index contributed by atoms with van der Waals surface area (Å²) in [6.07, 6.45) is 1.53. The molecule has 0 aliphatic rings. The summed E-state index contributed by atoms with van der Waals surface area (Å²) in [5.41, 5.74) is 0.718. The second-order valence-corrected chi connectivity index (χ2v) is 8.79. The average Bonchev–Trinajstić information content (AvgIpc) is 2.88. The van der Waals surface area contributed by atoms with Crippen LogP contribution in [-0.4, -0.2) is 18.2 Å². The molecule has 0 bridgehead atoms. The highest BCUT2D eigenvalue weighted by Gasteiger charge is 2.22. The zero-order chi connectivity index (χ0) is 19.8. The lowest BCUT2D eigenvalue weighted by atomic mass is 10.2. The second kappa shape index (κ2) is 7.75. The van der Waals surface area contributed by atoms with Crippen molar-refractivity contribution in [2.24, 2.45) is 0 Å². The zero-order valence-electron chi connectivity index (χ0n) is 13.3. The van der Waals surface area contributed by atoms with Gasteiger partial charge in [-0.2, -0.15) is 5.10 Å². The van der Waals surface area contributed by atoms with E-state index in [0.717, 1.165) is 17.7 Å². The maximum atomic E-state index is 13.8. The standard InChI is InChI=1S/C16H10BrCl2F2N3O2S/c17-12-8-24(7-9-1-2-10(18)5-13(9)19)22-16(12)23-27(25,26)15-4-3-11(20)6-14(15)21/h1-6,8H,7H2,(H,22,23). The summed E-state index contributed by atoms with van der Waals surface area (Å²) in [5, 5.41) is 5.04. The van der Waals surface area contributed by atoms with E-state index in [1.54, 1.807) is 18.2 Å². The van der Waals surface area contributed by atoms with Gasteiger partial charge in [-0.05, 0) is 45.8 Å². The average molecular weight is 497 g/mol. The number of halogens is 5. The number of sulfonamides is 1. The topological polar surface area (TPSA) is 64.0 Å². The van der Waals surface area contributed by atoms with Crippen LogP contribution < -0.4 is 4.72 Å². The summed E-state index contributed by atoms with van der Waals surface area (Å²) in [4.78, 5) is -0.689. The quantitative estimate of drug-likeness (QED) is 0.535. The smallest absolute Gasteiger partial charge is 0.265 e. The highest BCUT2D eigenvalue weighted by Crippen LogP contribution is 2.27. The van der Waals surface area contributed by atoms with Crippen LogP contribution in [0.2, 0.25) is 10.0 Å². The van der Waals surface area contributed by atoms with Crippen LogP contribution in [0.15, 0.2) is 52.0 Å². The van der Waals surface area contributed by atoms with Crippen molar-refractivity contribution in [3.63, 3.8) is 0 Å². The fraction of sp³-hybridized carbons (Fsp3) is 0.0625. The zero-order valence-corrected chi connectivity index (χ0v) is 17.2. The van der Waals surface area contributed by atoms with E-state index < -0.39 is 26.6 Å². The number of anilines is 1. The molecule has 5 nitrogen and oxygen atoms in total. The molecule has 0 atom stereocenters. The van der Waals surface area contributed by atoms with Crippen LogP contribution in [0.4, 0.5) is 14.6 Å². The predicted molar refractivity (Wildman–Crippen MR) is 103 cm³/mol. The first-order valence-electron chi connectivity index (χ1n) is 7.30. The number of hydrogen-bond donors (Lipinski definition) is 1. The third-order valence-corrected chi connectivity index (χ3v) is 6.02. The third kappa shape index (κ3) is 4.60. The Hall–Kier alpha value is -1.68. The molecule has 0 fully saturated rings. The van der Waals surface area contributed by atoms with Gasteiger partial charge < -0.3 is 0 Å². The lowest BCUT2D eigenvalue weighted by Crippen LogP contribution is -2.15. The molecule has 2 aromatic carbocycles. The van der Waals surface area contributed by atoms with E-state index in [1.807, 2.05) is 0 Å². The van der Waals surface area contributed by atoms with Gasteiger partial charge in [0.1, 0.15) is 16.5 Å². The van der Waals surface area contributed by atoms with E-state index >= 15 is 0 Å². The van der Waals surface area contributed by atoms with Gasteiger partial charge in [0, 0.05) is 22.3 Å². The van der Waals surface area contributed by atoms with Gasteiger partial charge in [-0.1, -0.05) is 29.3 Å². The van der Waals surface area contributed by atoms with Gasteiger partial charge in [-0.3, -0.25) is 9.40 Å². The molecule has 0 amide bonds. The van der Waals surface area contributed by atoms with Crippen molar-refractivity contribution >= 4 is 55.0 Å². The van der Waals surface area contributed by atoms with E-state index in [9.17, 15) is 17.2 Å². The van der Waals surface area contributed by atoms with Gasteiger partial charge >= 0.3 is 0 Å². The van der Waals surface area contributed by atoms with Crippen LogP contribution in [0.3, 0.4) is 0 Å². The van der Waals surface area contributed by atoms with E-state index in [0.29, 0.717) is 20.6 Å². The van der Waals surface area contributed by atoms with Gasteiger partial charge in [0.2, 0.25) is 0 Å². The molecule has 3 rings (SSSR count). The second-order valence-electron chi connectivity index (χ2n) is 5.44. The Morgan fingerprint density at radius 3 is 2.56 bits per heavy atom. The SMILES string of the molecule is O=S(=O)(Nc1nn(Cc2ccc(Cl)cc2Cl)cc1Br)c1ccc(F)cc1F. The molecule has 3 aromatic rings. The molecule has 0 saturated carbocycles. The highest BCUT2D eigenvalue weighted by molar-refractivity contribution is 9.10. The third-order valence-electron chi connectivity index (χ3n) is 3.48. The lowest BCUT2D eigenvalue weighted by Gasteiger charge is -2.07. The Bertz CT molecular complexity index is 1120. The number of aromatic nitrogens is 2. The first-order chi connectivity index (χ1) is 12.7. The summed E-state index contributed by atoms with van der Waals surface area (Å²) >= 11 is 15.2. The summed E-state index contributed by atoms with van der Waals surface area (Å²) in [6, 6.07) is 7.15. The van der Waals surface area contributed by atoms with Crippen molar-refractivity contribution < 1.29 is 17.2 Å². The van der Waals surface area contributed by atoms with Gasteiger partial charge in [0.15, 0.2) is 5.82 Å². The first-order valence-corrected chi connectivity index (χ1v) is 10.3. The van der Waals surface area contributed by atoms with Crippen LogP contribution in [0, 0.1) is 11.6 Å². The van der Waals surface area contributed by atoms with Crippen LogP contribution in [0.25, 0.3) is 0 Å². The summed E-state index contributed by atoms with van der Waals surface area (Å²) in [6.45, 7) is 0.251. The number of hydrogen-bond acceptors (Lipinski definition) is 3. The van der Waals surface area contributed by atoms with Gasteiger partial charge in [0.05, 0.1) is 11.0 Å². The van der Waals surface area contributed by atoms with Crippen LogP contribution in [0.5, 0.6) is 0 Å². The molecular formula is C16H10BrCl2F2N3O2S. The van der Waals surface area contributed by atoms with Crippen molar-refractivity contribution in [3.8, 4) is 0 Å². The molecule has 0 aliphatic carbocycles. The van der Waals surface area contributed by atoms with Gasteiger partial charge in [-0.15, -0.1) is 0 Å². The Labute approximate surface area is 172 Å². The van der Waals surface area contributed by atoms with Crippen LogP contribution in [-0.2, 0) is 16.6 Å². The Balaban J connectivity index is 1.86. The molecule has 27 heavy (non-hydrogen) atoms. The van der Waals surface area contributed by atoms with E-state index in [1.165, 1.54) is 10.9 Å². The molecule has 1 heterocycles. The van der Waals surface area contributed by atoms with Crippen molar-refractivity contribution in [2.75, 3.05) is 4.72 Å². The molecule has 0 saturated heterocycles. The molecule has 1 N–H and O–H groups in total. The van der Waals surface area contributed by atoms with E-state index in [-0.39, 0.29) is 12.4 Å². The minimum absolute atomic E-state index is 0.0520. The van der Waals surface area contributed by atoms with Crippen molar-refractivity contribution in [1.29, 1.82) is 0 Å². The van der Waals surface area contributed by atoms with E-state index in [2.05, 4.69) is 25.8 Å². The Morgan fingerprint density at radius 2 is 1.89 bits per heavy atom. The molecular weight excluding hydrogens is 487 g/mol. The maximum Gasteiger partial charge on any atom is 0.266 e. The van der Waals surface area contributed by atoms with Crippen molar-refractivity contribution in [3.05, 3.63) is 74.3 Å². The summed E-state index contributed by atoms with van der Waals surface area (Å²) in [5.74, 6) is -2.13. The Kier molecular flexibility index (Phi) is 5.76. The normalized spacial score (nSPS) is 11.6. The molecule has 11 heteroatoms.